The van der Waals surface area contributed by atoms with Crippen molar-refractivity contribution in [3.63, 3.8) is 0 Å². The second-order valence-corrected chi connectivity index (χ2v) is 9.82. The fourth-order valence-electron chi connectivity index (χ4n) is 1.61. The van der Waals surface area contributed by atoms with Crippen LogP contribution in [0.2, 0.25) is 0 Å². The van der Waals surface area contributed by atoms with E-state index in [4.69, 9.17) is 0 Å². The molecule has 3 heteroatoms. The molecule has 0 saturated carbocycles. The van der Waals surface area contributed by atoms with Crippen molar-refractivity contribution in [2.24, 2.45) is 5.92 Å². The van der Waals surface area contributed by atoms with Crippen LogP contribution in [0.5, 0.6) is 0 Å². The van der Waals surface area contributed by atoms with Gasteiger partial charge in [0, 0.05) is 0 Å². The molecule has 2 aliphatic heterocycles. The van der Waals surface area contributed by atoms with E-state index in [0.717, 1.165) is 19.3 Å². The van der Waals surface area contributed by atoms with Crippen molar-refractivity contribution in [3.8, 4) is 0 Å². The van der Waals surface area contributed by atoms with E-state index in [0.29, 0.717) is 21.2 Å². The quantitative estimate of drug-likeness (QED) is 0.332. The number of alkyl halides is 2. The van der Waals surface area contributed by atoms with E-state index < -0.39 is 0 Å². The van der Waals surface area contributed by atoms with Crippen LogP contribution in [0.25, 0.3) is 0 Å². The maximum atomic E-state index is 3.63. The Morgan fingerprint density at radius 2 is 2.40 bits per heavy atom. The zero-order chi connectivity index (χ0) is 7.14. The van der Waals surface area contributed by atoms with Crippen LogP contribution in [0.15, 0.2) is 0 Å². The zero-order valence-electron chi connectivity index (χ0n) is 6.39. The first-order valence-corrected chi connectivity index (χ1v) is 7.53. The Morgan fingerprint density at radius 3 is 2.70 bits per heavy atom. The van der Waals surface area contributed by atoms with E-state index in [1.807, 2.05) is 0 Å². The van der Waals surface area contributed by atoms with Crippen LogP contribution < -0.4 is 26.5 Å². The average Bonchev–Trinajstić information content (AvgIpc) is 2.44. The first-order chi connectivity index (χ1) is 4.77. The maximum absolute atomic E-state index is 3.63. The molecule has 2 fully saturated rings. The summed E-state index contributed by atoms with van der Waals surface area (Å²) in [6, 6.07) is 0. The molecule has 2 rings (SSSR count). The Morgan fingerprint density at radius 1 is 1.60 bits per heavy atom. The number of halogens is 1. The van der Waals surface area contributed by atoms with Crippen molar-refractivity contribution < 1.29 is 21.2 Å². The van der Waals surface area contributed by atoms with Gasteiger partial charge in [0.1, 0.15) is 0 Å². The zero-order valence-corrected chi connectivity index (χ0v) is 9.55. The molecule has 0 aromatic carbocycles. The molecule has 1 nitrogen and oxygen atoms in total. The van der Waals surface area contributed by atoms with Gasteiger partial charge in [-0.1, -0.05) is 0 Å². The van der Waals surface area contributed by atoms with Gasteiger partial charge in [-0.05, 0) is 0 Å². The molecule has 4 atom stereocenters. The Balaban J connectivity index is 2.02. The molecule has 0 aromatic rings. The van der Waals surface area contributed by atoms with E-state index in [1.54, 1.807) is 0 Å². The molecule has 4 unspecified atom stereocenters. The summed E-state index contributed by atoms with van der Waals surface area (Å²) < 4.78 is 2.27. The first kappa shape index (κ1) is 7.75. The van der Waals surface area contributed by atoms with E-state index in [2.05, 4.69) is 19.2 Å². The molecule has 60 valence electrons. The molecule has 10 heavy (non-hydrogen) atoms. The summed E-state index contributed by atoms with van der Waals surface area (Å²) in [5, 5.41) is 3.63. The van der Waals surface area contributed by atoms with Crippen molar-refractivity contribution in [1.29, 1.82) is 0 Å². The fourth-order valence-corrected chi connectivity index (χ4v) is 9.99. The standard InChI is InChI=1S/C7H14INP/c1-4(2)6-7-9-3-5(8-6)10-7/h4-7,9-10H,3H2,1-2H3/q-1. The minimum absolute atomic E-state index is 0.570. The predicted octanol–water partition coefficient (Wildman–Crippen LogP) is -1.95. The Labute approximate surface area is 74.8 Å². The Bertz CT molecular complexity index is 140. The van der Waals surface area contributed by atoms with E-state index in [-0.39, 0.29) is 0 Å². The topological polar surface area (TPSA) is 12.0 Å². The van der Waals surface area contributed by atoms with Gasteiger partial charge in [-0.15, -0.1) is 0 Å². The van der Waals surface area contributed by atoms with Gasteiger partial charge in [0.15, 0.2) is 0 Å². The van der Waals surface area contributed by atoms with Crippen LogP contribution in [-0.2, 0) is 0 Å². The molecule has 0 spiro atoms. The van der Waals surface area contributed by atoms with Crippen LogP contribution in [0.3, 0.4) is 0 Å². The van der Waals surface area contributed by atoms with Crippen molar-refractivity contribution in [3.05, 3.63) is 0 Å². The van der Waals surface area contributed by atoms with Crippen LogP contribution >= 0.6 is 8.58 Å². The molecule has 0 amide bonds. The van der Waals surface area contributed by atoms with Gasteiger partial charge in [-0.3, -0.25) is 0 Å². The third kappa shape index (κ3) is 1.23. The number of hydrogen-bond acceptors (Lipinski definition) is 1. The average molecular weight is 270 g/mol. The van der Waals surface area contributed by atoms with E-state index >= 15 is 0 Å². The predicted molar refractivity (Wildman–Crippen MR) is 42.5 cm³/mol. The summed E-state index contributed by atoms with van der Waals surface area (Å²) >= 11 is 0.570. The summed E-state index contributed by atoms with van der Waals surface area (Å²) in [5.41, 5.74) is 0. The number of fused-ring (bicyclic) bond motifs is 2. The molecule has 2 aliphatic rings. The Kier molecular flexibility index (Phi) is 2.23. The SMILES string of the molecule is CC(C)C1[I-]C2CNC1P2. The van der Waals surface area contributed by atoms with Gasteiger partial charge in [0.2, 0.25) is 0 Å². The van der Waals surface area contributed by atoms with Gasteiger partial charge in [-0.2, -0.15) is 0 Å². The summed E-state index contributed by atoms with van der Waals surface area (Å²) in [7, 11) is 1.28. The van der Waals surface area contributed by atoms with Gasteiger partial charge in [0.25, 0.3) is 0 Å². The number of nitrogens with one attached hydrogen (secondary N) is 1. The minimum atomic E-state index is 0.570. The van der Waals surface area contributed by atoms with Gasteiger partial charge in [-0.25, -0.2) is 0 Å². The number of hydrogen-bond donors (Lipinski definition) is 1. The van der Waals surface area contributed by atoms with Crippen LogP contribution in [-0.4, -0.2) is 19.9 Å². The van der Waals surface area contributed by atoms with Crippen LogP contribution in [0.4, 0.5) is 0 Å². The third-order valence-corrected chi connectivity index (χ3v) is 10.5. The first-order valence-electron chi connectivity index (χ1n) is 3.89. The normalized spacial score (nSPS) is 48.5. The van der Waals surface area contributed by atoms with E-state index in [1.165, 1.54) is 15.1 Å². The van der Waals surface area contributed by atoms with Gasteiger partial charge >= 0.3 is 74.8 Å². The van der Waals surface area contributed by atoms with Crippen molar-refractivity contribution in [1.82, 2.24) is 5.32 Å². The molecule has 1 N–H and O–H groups in total. The third-order valence-electron chi connectivity index (χ3n) is 2.13. The summed E-state index contributed by atoms with van der Waals surface area (Å²) in [5.74, 6) is 1.90. The molecule has 0 aliphatic carbocycles. The van der Waals surface area contributed by atoms with Crippen molar-refractivity contribution >= 4 is 8.58 Å². The van der Waals surface area contributed by atoms with Crippen LogP contribution in [0.1, 0.15) is 13.8 Å². The van der Waals surface area contributed by atoms with Gasteiger partial charge in [0.05, 0.1) is 0 Å². The second-order valence-electron chi connectivity index (χ2n) is 3.33. The van der Waals surface area contributed by atoms with Gasteiger partial charge < -0.3 is 0 Å². The summed E-state index contributed by atoms with van der Waals surface area (Å²) in [4.78, 5) is 0. The molecule has 0 radical (unpaired) electrons. The monoisotopic (exact) mass is 270 g/mol. The molecular formula is C7H14INP-. The molecule has 2 heterocycles. The summed E-state index contributed by atoms with van der Waals surface area (Å²) in [6.45, 7) is 6.13. The Hall–Kier alpha value is 1.12. The molecular weight excluding hydrogens is 256 g/mol. The molecule has 2 saturated heterocycles. The van der Waals surface area contributed by atoms with Crippen molar-refractivity contribution in [2.75, 3.05) is 6.54 Å². The van der Waals surface area contributed by atoms with Crippen LogP contribution in [0, 0.1) is 5.92 Å². The fraction of sp³-hybridized carbons (Fsp3) is 1.00. The van der Waals surface area contributed by atoms with E-state index in [9.17, 15) is 0 Å². The van der Waals surface area contributed by atoms with Crippen molar-refractivity contribution in [2.45, 2.75) is 27.2 Å². The molecule has 0 aromatic heterocycles. The summed E-state index contributed by atoms with van der Waals surface area (Å²) in [6.07, 6.45) is 0. The molecule has 2 bridgehead atoms. The second kappa shape index (κ2) is 2.87. The number of rotatable bonds is 1.